The van der Waals surface area contributed by atoms with Crippen molar-refractivity contribution in [2.45, 2.75) is 87.4 Å². The number of halogens is 6. The molecular weight excluding hydrogens is 480 g/mol. The number of nitriles is 1. The van der Waals surface area contributed by atoms with Gasteiger partial charge in [-0.15, -0.1) is 0 Å². The Kier molecular flexibility index (Phi) is 8.53. The van der Waals surface area contributed by atoms with Gasteiger partial charge in [-0.1, -0.05) is 62.8 Å². The van der Waals surface area contributed by atoms with Gasteiger partial charge in [0.2, 0.25) is 0 Å². The average Bonchev–Trinajstić information content (AvgIpc) is 2.89. The first-order chi connectivity index (χ1) is 17.0. The van der Waals surface area contributed by atoms with Gasteiger partial charge in [0.15, 0.2) is 0 Å². The summed E-state index contributed by atoms with van der Waals surface area (Å²) < 4.78 is 74.8. The van der Waals surface area contributed by atoms with Crippen molar-refractivity contribution in [3.05, 3.63) is 70.8 Å². The number of benzene rings is 2. The molecule has 0 spiro atoms. The lowest BCUT2D eigenvalue weighted by Crippen LogP contribution is -2.30. The van der Waals surface area contributed by atoms with Crippen LogP contribution in [0.15, 0.2) is 48.5 Å². The molecule has 0 aliphatic heterocycles. The lowest BCUT2D eigenvalue weighted by Gasteiger charge is -2.32. The molecule has 2 aromatic rings. The molecule has 2 nitrogen and oxygen atoms in total. The second-order valence-electron chi connectivity index (χ2n) is 9.74. The molecule has 2 saturated carbocycles. The zero-order valence-corrected chi connectivity index (χ0v) is 19.9. The number of alkyl halides is 6. The van der Waals surface area contributed by atoms with E-state index in [0.29, 0.717) is 5.56 Å². The first-order valence-corrected chi connectivity index (χ1v) is 12.2. The van der Waals surface area contributed by atoms with Crippen LogP contribution in [0.2, 0.25) is 0 Å². The van der Waals surface area contributed by atoms with E-state index in [-0.39, 0.29) is 0 Å². The van der Waals surface area contributed by atoms with Crippen LogP contribution in [-0.4, -0.2) is 6.29 Å². The van der Waals surface area contributed by atoms with E-state index in [1.807, 2.05) is 0 Å². The van der Waals surface area contributed by atoms with Crippen LogP contribution in [0.4, 0.5) is 26.3 Å². The highest BCUT2D eigenvalue weighted by atomic mass is 19.4. The van der Waals surface area contributed by atoms with Gasteiger partial charge >= 0.3 is 12.4 Å². The number of carbonyl (C=O) groups is 1. The van der Waals surface area contributed by atoms with Gasteiger partial charge in [-0.25, -0.2) is 0 Å². The summed E-state index contributed by atoms with van der Waals surface area (Å²) in [5.74, 6) is 0. The molecule has 0 saturated heterocycles. The van der Waals surface area contributed by atoms with Crippen LogP contribution in [0.3, 0.4) is 0 Å². The Bertz CT molecular complexity index is 1040. The highest BCUT2D eigenvalue weighted by Crippen LogP contribution is 2.41. The Morgan fingerprint density at radius 3 is 1.39 bits per heavy atom. The van der Waals surface area contributed by atoms with Gasteiger partial charge in [-0.3, -0.25) is 0 Å². The van der Waals surface area contributed by atoms with Crippen molar-refractivity contribution in [3.8, 4) is 6.07 Å². The molecule has 0 radical (unpaired) electrons. The molecule has 0 bridgehead atoms. The Labute approximate surface area is 207 Å². The van der Waals surface area contributed by atoms with Crippen LogP contribution in [0.1, 0.15) is 86.5 Å². The van der Waals surface area contributed by atoms with Gasteiger partial charge in [0.1, 0.15) is 6.29 Å². The predicted molar refractivity (Wildman–Crippen MR) is 124 cm³/mol. The van der Waals surface area contributed by atoms with E-state index in [4.69, 9.17) is 0 Å². The van der Waals surface area contributed by atoms with Gasteiger partial charge in [0.05, 0.1) is 28.0 Å². The van der Waals surface area contributed by atoms with E-state index in [1.54, 1.807) is 0 Å². The summed E-state index contributed by atoms with van der Waals surface area (Å²) in [5, 5.41) is 9.35. The van der Waals surface area contributed by atoms with Crippen molar-refractivity contribution in [2.24, 2.45) is 0 Å². The van der Waals surface area contributed by atoms with E-state index < -0.39 is 34.3 Å². The third kappa shape index (κ3) is 6.29. The zero-order valence-electron chi connectivity index (χ0n) is 19.9. The van der Waals surface area contributed by atoms with E-state index >= 15 is 0 Å². The molecular formula is C28H29F6NO. The number of nitrogens with zero attached hydrogens (tertiary/aromatic N) is 1. The minimum absolute atomic E-state index is 0.567. The molecule has 194 valence electrons. The Balaban J connectivity index is 0.000000201. The Morgan fingerprint density at radius 1 is 0.639 bits per heavy atom. The SMILES string of the molecule is N#CC1(c2ccc(C(F)(F)F)cc2)CCCCC1.O=CC1(c2ccc(C(F)(F)F)cc2)CCCCC1. The average molecular weight is 510 g/mol. The maximum atomic E-state index is 12.5. The topological polar surface area (TPSA) is 40.9 Å². The molecule has 0 N–H and O–H groups in total. The number of rotatable bonds is 3. The summed E-state index contributed by atoms with van der Waals surface area (Å²) in [5.41, 5.74) is -1.04. The fourth-order valence-electron chi connectivity index (χ4n) is 5.25. The molecule has 2 aliphatic rings. The van der Waals surface area contributed by atoms with E-state index in [2.05, 4.69) is 6.07 Å². The summed E-state index contributed by atoms with van der Waals surface area (Å²) in [4.78, 5) is 11.3. The maximum Gasteiger partial charge on any atom is 0.416 e. The van der Waals surface area contributed by atoms with Gasteiger partial charge in [-0.05, 0) is 61.1 Å². The lowest BCUT2D eigenvalue weighted by molar-refractivity contribution is -0.138. The van der Waals surface area contributed by atoms with Gasteiger partial charge in [0.25, 0.3) is 0 Å². The molecule has 2 aliphatic carbocycles. The molecule has 8 heteroatoms. The normalized spacial score (nSPS) is 19.4. The molecule has 4 rings (SSSR count). The summed E-state index contributed by atoms with van der Waals surface area (Å²) in [7, 11) is 0. The van der Waals surface area contributed by atoms with Gasteiger partial charge in [0, 0.05) is 0 Å². The zero-order chi connectivity index (χ0) is 26.5. The molecule has 0 amide bonds. The largest absolute Gasteiger partial charge is 0.416 e. The van der Waals surface area contributed by atoms with Crippen LogP contribution < -0.4 is 0 Å². The first kappa shape index (κ1) is 27.8. The van der Waals surface area contributed by atoms with E-state index in [9.17, 15) is 36.4 Å². The van der Waals surface area contributed by atoms with Crippen LogP contribution >= 0.6 is 0 Å². The van der Waals surface area contributed by atoms with Crippen molar-refractivity contribution in [2.75, 3.05) is 0 Å². The molecule has 2 fully saturated rings. The van der Waals surface area contributed by atoms with Gasteiger partial charge < -0.3 is 4.79 Å². The van der Waals surface area contributed by atoms with E-state index in [1.165, 1.54) is 24.3 Å². The molecule has 0 atom stereocenters. The smallest absolute Gasteiger partial charge is 0.302 e. The molecule has 2 aromatic carbocycles. The summed E-state index contributed by atoms with van der Waals surface area (Å²) >= 11 is 0. The number of hydrogen-bond donors (Lipinski definition) is 0. The summed E-state index contributed by atoms with van der Waals surface area (Å²) in [6, 6.07) is 12.4. The molecule has 0 aromatic heterocycles. The van der Waals surface area contributed by atoms with Crippen molar-refractivity contribution >= 4 is 6.29 Å². The second-order valence-corrected chi connectivity index (χ2v) is 9.74. The Hall–Kier alpha value is -2.82. The van der Waals surface area contributed by atoms with Crippen LogP contribution in [0, 0.1) is 11.3 Å². The van der Waals surface area contributed by atoms with Crippen molar-refractivity contribution in [1.29, 1.82) is 5.26 Å². The minimum atomic E-state index is -4.32. The number of aldehydes is 1. The summed E-state index contributed by atoms with van der Waals surface area (Å²) in [6.45, 7) is 0. The first-order valence-electron chi connectivity index (χ1n) is 12.2. The molecule has 36 heavy (non-hydrogen) atoms. The van der Waals surface area contributed by atoms with E-state index in [0.717, 1.165) is 100 Å². The monoisotopic (exact) mass is 509 g/mol. The van der Waals surface area contributed by atoms with Crippen LogP contribution in [-0.2, 0) is 28.0 Å². The summed E-state index contributed by atoms with van der Waals surface area (Å²) in [6.07, 6.45) is 1.29. The quantitative estimate of drug-likeness (QED) is 0.307. The number of carbonyl (C=O) groups excluding carboxylic acids is 1. The molecule has 0 heterocycles. The van der Waals surface area contributed by atoms with Gasteiger partial charge in [-0.2, -0.15) is 31.6 Å². The fraction of sp³-hybridized carbons (Fsp3) is 0.500. The highest BCUT2D eigenvalue weighted by molar-refractivity contribution is 5.69. The molecule has 0 unspecified atom stereocenters. The number of hydrogen-bond acceptors (Lipinski definition) is 2. The maximum absolute atomic E-state index is 12.5. The van der Waals surface area contributed by atoms with Crippen LogP contribution in [0.5, 0.6) is 0 Å². The Morgan fingerprint density at radius 2 is 1.03 bits per heavy atom. The third-order valence-electron chi connectivity index (χ3n) is 7.44. The standard InChI is InChI=1S/C14H14F3N.C14H15F3O/c2*15-14(16,17)12-6-4-11(5-7-12)13(10-18)8-2-1-3-9-13/h4-7H,1-3,8-9H2;4-7,10H,1-3,8-9H2. The lowest BCUT2D eigenvalue weighted by atomic mass is 9.70. The minimum Gasteiger partial charge on any atom is -0.302 e. The third-order valence-corrected chi connectivity index (χ3v) is 7.44. The van der Waals surface area contributed by atoms with Crippen LogP contribution in [0.25, 0.3) is 0 Å². The second kappa shape index (κ2) is 11.1. The van der Waals surface area contributed by atoms with Crippen molar-refractivity contribution in [3.63, 3.8) is 0 Å². The van der Waals surface area contributed by atoms with Crippen molar-refractivity contribution < 1.29 is 31.1 Å². The van der Waals surface area contributed by atoms with Crippen molar-refractivity contribution in [1.82, 2.24) is 0 Å². The fourth-order valence-corrected chi connectivity index (χ4v) is 5.25. The predicted octanol–water partition coefficient (Wildman–Crippen LogP) is 8.54. The highest BCUT2D eigenvalue weighted by Gasteiger charge is 2.37.